The van der Waals surface area contributed by atoms with Crippen LogP contribution in [0.15, 0.2) is 71.7 Å². The second-order valence-electron chi connectivity index (χ2n) is 6.38. The van der Waals surface area contributed by atoms with Crippen LogP contribution in [0.1, 0.15) is 17.3 Å². The molecule has 0 aliphatic heterocycles. The number of carbonyl (C=O) groups is 2. The summed E-state index contributed by atoms with van der Waals surface area (Å²) in [7, 11) is 0. The maximum Gasteiger partial charge on any atom is 0.255 e. The first-order valence-electron chi connectivity index (χ1n) is 9.31. The Kier molecular flexibility index (Phi) is 6.54. The number of benzene rings is 3. The van der Waals surface area contributed by atoms with Crippen LogP contribution in [0.25, 0.3) is 0 Å². The second-order valence-corrected chi connectivity index (χ2v) is 6.38. The van der Waals surface area contributed by atoms with Crippen molar-refractivity contribution in [3.63, 3.8) is 0 Å². The third-order valence-electron chi connectivity index (χ3n) is 4.52. The molecule has 0 heterocycles. The minimum atomic E-state index is -0.320. The van der Waals surface area contributed by atoms with E-state index in [1.54, 1.807) is 54.6 Å². The van der Waals surface area contributed by atoms with Crippen molar-refractivity contribution in [2.24, 2.45) is 4.99 Å². The molecule has 6 nitrogen and oxygen atoms in total. The topological polar surface area (TPSA) is 73.8 Å². The van der Waals surface area contributed by atoms with E-state index >= 15 is 0 Å². The van der Waals surface area contributed by atoms with Crippen molar-refractivity contribution in [3.05, 3.63) is 78.1 Å². The fourth-order valence-corrected chi connectivity index (χ4v) is 3.05. The quantitative estimate of drug-likeness (QED) is 0.403. The van der Waals surface area contributed by atoms with Crippen molar-refractivity contribution in [3.8, 4) is 0 Å². The fourth-order valence-electron chi connectivity index (χ4n) is 3.05. The van der Waals surface area contributed by atoms with E-state index in [1.165, 1.54) is 12.1 Å². The lowest BCUT2D eigenvalue weighted by molar-refractivity contribution is -0.105. The summed E-state index contributed by atoms with van der Waals surface area (Å²) in [5.41, 5.74) is 3.74. The van der Waals surface area contributed by atoms with Gasteiger partial charge >= 0.3 is 0 Å². The van der Waals surface area contributed by atoms with Crippen LogP contribution >= 0.6 is 0 Å². The highest BCUT2D eigenvalue weighted by atomic mass is 19.1. The van der Waals surface area contributed by atoms with Crippen LogP contribution in [0.5, 0.6) is 0 Å². The summed E-state index contributed by atoms with van der Waals surface area (Å²) in [5.74, 6) is -0.613. The van der Waals surface area contributed by atoms with Gasteiger partial charge in [-0.25, -0.2) is 4.39 Å². The van der Waals surface area contributed by atoms with Crippen LogP contribution in [0.2, 0.25) is 0 Å². The minimum Gasteiger partial charge on any atom is -0.340 e. The van der Waals surface area contributed by atoms with E-state index in [0.29, 0.717) is 41.3 Å². The molecule has 0 saturated heterocycles. The summed E-state index contributed by atoms with van der Waals surface area (Å²) in [6.07, 6.45) is 0.588. The Balaban J connectivity index is 1.89. The van der Waals surface area contributed by atoms with Crippen molar-refractivity contribution in [1.82, 2.24) is 0 Å². The number of nitrogens with one attached hydrogen (secondary N) is 2. The SMILES string of the molecule is C=Nc1ccc(C(=O)Nc2ccc(NC=O)cc2)cc1N(CC)c1ccc(F)cc1. The van der Waals surface area contributed by atoms with Gasteiger partial charge in [-0.2, -0.15) is 0 Å². The van der Waals surface area contributed by atoms with Crippen LogP contribution in [0.3, 0.4) is 0 Å². The minimum absolute atomic E-state index is 0.293. The first-order chi connectivity index (χ1) is 14.5. The van der Waals surface area contributed by atoms with Crippen LogP contribution < -0.4 is 15.5 Å². The maximum atomic E-state index is 13.3. The third kappa shape index (κ3) is 4.70. The number of carbonyl (C=O) groups excluding carboxylic acids is 2. The Hall–Kier alpha value is -4.00. The summed E-state index contributed by atoms with van der Waals surface area (Å²) in [5, 5.41) is 5.37. The summed E-state index contributed by atoms with van der Waals surface area (Å²) in [4.78, 5) is 29.3. The molecular weight excluding hydrogens is 383 g/mol. The lowest BCUT2D eigenvalue weighted by atomic mass is 10.1. The summed E-state index contributed by atoms with van der Waals surface area (Å²) in [6.45, 7) is 6.16. The van der Waals surface area contributed by atoms with Gasteiger partial charge in [0.2, 0.25) is 6.41 Å². The highest BCUT2D eigenvalue weighted by molar-refractivity contribution is 6.05. The van der Waals surface area contributed by atoms with Gasteiger partial charge in [0, 0.05) is 29.2 Å². The summed E-state index contributed by atoms with van der Waals surface area (Å²) < 4.78 is 13.3. The van der Waals surface area contributed by atoms with E-state index in [9.17, 15) is 14.0 Å². The number of rotatable bonds is 8. The zero-order valence-corrected chi connectivity index (χ0v) is 16.4. The zero-order chi connectivity index (χ0) is 21.5. The van der Waals surface area contributed by atoms with E-state index in [2.05, 4.69) is 22.3 Å². The average Bonchev–Trinajstić information content (AvgIpc) is 2.77. The molecule has 0 aliphatic rings. The van der Waals surface area contributed by atoms with Gasteiger partial charge in [0.05, 0.1) is 11.4 Å². The molecule has 0 bridgehead atoms. The molecule has 0 atom stereocenters. The highest BCUT2D eigenvalue weighted by Crippen LogP contribution is 2.35. The Morgan fingerprint density at radius 1 is 1.07 bits per heavy atom. The van der Waals surface area contributed by atoms with Crippen LogP contribution in [-0.2, 0) is 4.79 Å². The average molecular weight is 404 g/mol. The van der Waals surface area contributed by atoms with E-state index in [1.807, 2.05) is 11.8 Å². The largest absolute Gasteiger partial charge is 0.340 e. The first kappa shape index (κ1) is 20.7. The number of halogens is 1. The van der Waals surface area contributed by atoms with Crippen LogP contribution in [0.4, 0.5) is 32.8 Å². The van der Waals surface area contributed by atoms with Gasteiger partial charge in [-0.1, -0.05) is 0 Å². The number of hydrogen-bond donors (Lipinski definition) is 2. The molecule has 0 radical (unpaired) electrons. The highest BCUT2D eigenvalue weighted by Gasteiger charge is 2.15. The molecule has 3 aromatic rings. The van der Waals surface area contributed by atoms with Crippen molar-refractivity contribution in [1.29, 1.82) is 0 Å². The normalized spacial score (nSPS) is 10.2. The van der Waals surface area contributed by atoms with E-state index in [0.717, 1.165) is 5.69 Å². The molecule has 3 aromatic carbocycles. The first-order valence-corrected chi connectivity index (χ1v) is 9.31. The van der Waals surface area contributed by atoms with Gasteiger partial charge in [0.25, 0.3) is 5.91 Å². The molecule has 0 spiro atoms. The lowest BCUT2D eigenvalue weighted by Crippen LogP contribution is -2.18. The number of nitrogens with zero attached hydrogens (tertiary/aromatic N) is 2. The van der Waals surface area contributed by atoms with Crippen LogP contribution in [-0.4, -0.2) is 25.6 Å². The van der Waals surface area contributed by atoms with Crippen molar-refractivity contribution < 1.29 is 14.0 Å². The van der Waals surface area contributed by atoms with Gasteiger partial charge in [-0.15, -0.1) is 0 Å². The van der Waals surface area contributed by atoms with Gasteiger partial charge in [0.15, 0.2) is 0 Å². The number of hydrogen-bond acceptors (Lipinski definition) is 4. The standard InChI is InChI=1S/C23H21FN4O2/c1-3-28(20-11-5-17(24)6-12-20)22-14-16(4-13-21(22)25-2)23(30)27-19-9-7-18(8-10-19)26-15-29/h4-15H,2-3H2,1H3,(H,26,29)(H,27,30). The summed E-state index contributed by atoms with van der Waals surface area (Å²) >= 11 is 0. The van der Waals surface area contributed by atoms with E-state index in [4.69, 9.17) is 0 Å². The Morgan fingerprint density at radius 2 is 1.73 bits per heavy atom. The van der Waals surface area contributed by atoms with Crippen molar-refractivity contribution >= 4 is 47.5 Å². The zero-order valence-electron chi connectivity index (χ0n) is 16.4. The maximum absolute atomic E-state index is 13.3. The van der Waals surface area contributed by atoms with E-state index < -0.39 is 0 Å². The molecular formula is C23H21FN4O2. The number of anilines is 4. The molecule has 0 unspecified atom stereocenters. The molecule has 0 aromatic heterocycles. The van der Waals surface area contributed by atoms with Crippen molar-refractivity contribution in [2.45, 2.75) is 6.92 Å². The van der Waals surface area contributed by atoms with Crippen molar-refractivity contribution in [2.75, 3.05) is 22.1 Å². The summed E-state index contributed by atoms with van der Waals surface area (Å²) in [6, 6.07) is 18.0. The predicted octanol–water partition coefficient (Wildman–Crippen LogP) is 5.14. The Morgan fingerprint density at radius 3 is 2.33 bits per heavy atom. The smallest absolute Gasteiger partial charge is 0.255 e. The predicted molar refractivity (Wildman–Crippen MR) is 119 cm³/mol. The Bertz CT molecular complexity index is 1050. The number of amides is 2. The third-order valence-corrected chi connectivity index (χ3v) is 4.52. The molecule has 2 N–H and O–H groups in total. The molecule has 152 valence electrons. The van der Waals surface area contributed by atoms with Gasteiger partial charge in [-0.05, 0) is 80.4 Å². The molecule has 0 saturated carbocycles. The molecule has 0 aliphatic carbocycles. The molecule has 2 amide bonds. The van der Waals surface area contributed by atoms with Gasteiger partial charge in [0.1, 0.15) is 5.82 Å². The lowest BCUT2D eigenvalue weighted by Gasteiger charge is -2.25. The molecule has 3 rings (SSSR count). The fraction of sp³-hybridized carbons (Fsp3) is 0.0870. The molecule has 30 heavy (non-hydrogen) atoms. The molecule has 0 fully saturated rings. The van der Waals surface area contributed by atoms with E-state index in [-0.39, 0.29) is 11.7 Å². The van der Waals surface area contributed by atoms with Crippen LogP contribution in [0, 0.1) is 5.82 Å². The number of aliphatic imine (C=N–C) groups is 1. The van der Waals surface area contributed by atoms with Gasteiger partial charge < -0.3 is 15.5 Å². The van der Waals surface area contributed by atoms with Gasteiger partial charge in [-0.3, -0.25) is 14.6 Å². The monoisotopic (exact) mass is 404 g/mol. The Labute approximate surface area is 174 Å². The molecule has 7 heteroatoms. The second kappa shape index (κ2) is 9.47.